The van der Waals surface area contributed by atoms with Crippen LogP contribution in [-0.4, -0.2) is 37.5 Å². The minimum atomic E-state index is -3.04. The van der Waals surface area contributed by atoms with Gasteiger partial charge in [0.1, 0.15) is 0 Å². The maximum atomic E-state index is 14.5. The fraction of sp³-hybridized carbons (Fsp3) is 0.400. The van der Waals surface area contributed by atoms with Crippen LogP contribution in [0.2, 0.25) is 0 Å². The first-order valence-corrected chi connectivity index (χ1v) is 6.23. The standard InChI is InChI=1S/C10H17FN3P/c1-13(2)15(11,14(3)4)12-10-8-6-5-7-9-10/h5-9H,1-4H3. The minimum absolute atomic E-state index is 0.677. The first-order chi connectivity index (χ1) is 6.97. The number of hydrogen-bond acceptors (Lipinski definition) is 1. The van der Waals surface area contributed by atoms with Crippen LogP contribution in [0, 0.1) is 0 Å². The molecule has 15 heavy (non-hydrogen) atoms. The fourth-order valence-electron chi connectivity index (χ4n) is 1.18. The molecule has 0 aromatic heterocycles. The van der Waals surface area contributed by atoms with Gasteiger partial charge < -0.3 is 0 Å². The average Bonchev–Trinajstić information content (AvgIpc) is 2.18. The summed E-state index contributed by atoms with van der Waals surface area (Å²) in [4.78, 5) is 0. The zero-order chi connectivity index (χ0) is 11.5. The van der Waals surface area contributed by atoms with Crippen LogP contribution >= 0.6 is 7.67 Å². The Balaban J connectivity index is 3.16. The Bertz CT molecular complexity index is 350. The van der Waals surface area contributed by atoms with E-state index in [-0.39, 0.29) is 0 Å². The second-order valence-electron chi connectivity index (χ2n) is 3.63. The Morgan fingerprint density at radius 1 is 1.00 bits per heavy atom. The average molecular weight is 229 g/mol. The van der Waals surface area contributed by atoms with E-state index in [4.69, 9.17) is 0 Å². The van der Waals surface area contributed by atoms with E-state index in [1.165, 1.54) is 0 Å². The summed E-state index contributed by atoms with van der Waals surface area (Å²) in [6.07, 6.45) is 0. The molecule has 0 aliphatic heterocycles. The highest BCUT2D eigenvalue weighted by Crippen LogP contribution is 2.56. The predicted molar refractivity (Wildman–Crippen MR) is 63.9 cm³/mol. The van der Waals surface area contributed by atoms with Crippen molar-refractivity contribution in [3.63, 3.8) is 0 Å². The van der Waals surface area contributed by atoms with E-state index in [1.54, 1.807) is 49.7 Å². The van der Waals surface area contributed by atoms with Crippen LogP contribution in [0.4, 0.5) is 9.88 Å². The van der Waals surface area contributed by atoms with E-state index in [0.717, 1.165) is 0 Å². The molecule has 0 aliphatic rings. The molecule has 3 nitrogen and oxygen atoms in total. The van der Waals surface area contributed by atoms with Gasteiger partial charge >= 0.3 is 0 Å². The molecular formula is C10H17FN3P. The second-order valence-corrected chi connectivity index (χ2v) is 6.42. The summed E-state index contributed by atoms with van der Waals surface area (Å²) in [5, 5.41) is 0. The van der Waals surface area contributed by atoms with Crippen LogP contribution < -0.4 is 0 Å². The Morgan fingerprint density at radius 2 is 1.47 bits per heavy atom. The lowest BCUT2D eigenvalue weighted by Crippen LogP contribution is -2.17. The van der Waals surface area contributed by atoms with Crippen molar-refractivity contribution >= 4 is 13.4 Å². The smallest absolute Gasteiger partial charge is 0.238 e. The third-order valence-electron chi connectivity index (χ3n) is 2.02. The summed E-state index contributed by atoms with van der Waals surface area (Å²) in [6, 6.07) is 9.22. The molecule has 0 saturated carbocycles. The lowest BCUT2D eigenvalue weighted by Gasteiger charge is -2.28. The summed E-state index contributed by atoms with van der Waals surface area (Å²) < 4.78 is 21.8. The molecule has 1 rings (SSSR count). The van der Waals surface area contributed by atoms with Gasteiger partial charge in [-0.25, -0.2) is 14.1 Å². The van der Waals surface area contributed by atoms with Crippen molar-refractivity contribution in [2.75, 3.05) is 28.2 Å². The summed E-state index contributed by atoms with van der Waals surface area (Å²) in [6.45, 7) is 0. The summed E-state index contributed by atoms with van der Waals surface area (Å²) in [5.74, 6) is 0. The van der Waals surface area contributed by atoms with Crippen molar-refractivity contribution < 1.29 is 4.20 Å². The molecule has 0 aliphatic carbocycles. The largest absolute Gasteiger partial charge is 0.272 e. The summed E-state index contributed by atoms with van der Waals surface area (Å²) in [5.41, 5.74) is 0.677. The van der Waals surface area contributed by atoms with Crippen molar-refractivity contribution in [2.45, 2.75) is 0 Å². The number of hydrogen-bond donors (Lipinski definition) is 0. The quantitative estimate of drug-likeness (QED) is 0.740. The first kappa shape index (κ1) is 12.4. The maximum absolute atomic E-state index is 14.5. The molecule has 1 aromatic carbocycles. The Morgan fingerprint density at radius 3 is 1.87 bits per heavy atom. The zero-order valence-corrected chi connectivity index (χ0v) is 10.4. The third kappa shape index (κ3) is 2.88. The van der Waals surface area contributed by atoms with Gasteiger partial charge in [0, 0.05) is 0 Å². The van der Waals surface area contributed by atoms with Crippen molar-refractivity contribution in [3.05, 3.63) is 30.3 Å². The fourth-order valence-corrected chi connectivity index (χ4v) is 2.68. The SMILES string of the molecule is CN(C)P(F)(=Nc1ccccc1)N(C)C. The van der Waals surface area contributed by atoms with E-state index in [2.05, 4.69) is 4.74 Å². The normalized spacial score (nSPS) is 12.2. The molecule has 0 atom stereocenters. The van der Waals surface area contributed by atoms with Crippen LogP contribution in [0.5, 0.6) is 0 Å². The molecule has 0 saturated heterocycles. The molecule has 0 radical (unpaired) electrons. The molecule has 0 fully saturated rings. The van der Waals surface area contributed by atoms with Gasteiger partial charge in [0.25, 0.3) is 7.67 Å². The maximum Gasteiger partial charge on any atom is 0.272 e. The molecule has 0 N–H and O–H groups in total. The Kier molecular flexibility index (Phi) is 4.03. The van der Waals surface area contributed by atoms with Gasteiger partial charge in [-0.15, -0.1) is 0 Å². The van der Waals surface area contributed by atoms with Gasteiger partial charge in [0.05, 0.1) is 5.69 Å². The molecule has 0 amide bonds. The van der Waals surface area contributed by atoms with Gasteiger partial charge in [-0.05, 0) is 40.3 Å². The topological polar surface area (TPSA) is 18.8 Å². The van der Waals surface area contributed by atoms with E-state index in [1.807, 2.05) is 18.2 Å². The van der Waals surface area contributed by atoms with Crippen LogP contribution in [0.3, 0.4) is 0 Å². The van der Waals surface area contributed by atoms with Gasteiger partial charge in [-0.1, -0.05) is 18.2 Å². The minimum Gasteiger partial charge on any atom is -0.238 e. The lowest BCUT2D eigenvalue weighted by atomic mass is 10.3. The van der Waals surface area contributed by atoms with E-state index in [0.29, 0.717) is 5.69 Å². The third-order valence-corrected chi connectivity index (χ3v) is 4.54. The highest BCUT2D eigenvalue weighted by Gasteiger charge is 2.24. The van der Waals surface area contributed by atoms with Crippen LogP contribution in [-0.2, 0) is 0 Å². The van der Waals surface area contributed by atoms with E-state index >= 15 is 0 Å². The molecule has 84 valence electrons. The van der Waals surface area contributed by atoms with Gasteiger partial charge in [0.15, 0.2) is 0 Å². The first-order valence-electron chi connectivity index (χ1n) is 4.69. The van der Waals surface area contributed by atoms with E-state index in [9.17, 15) is 4.20 Å². The van der Waals surface area contributed by atoms with Crippen molar-refractivity contribution in [1.82, 2.24) is 9.34 Å². The van der Waals surface area contributed by atoms with Gasteiger partial charge in [0.2, 0.25) is 0 Å². The number of benzene rings is 1. The van der Waals surface area contributed by atoms with E-state index < -0.39 is 7.67 Å². The molecular weight excluding hydrogens is 212 g/mol. The van der Waals surface area contributed by atoms with Gasteiger partial charge in [-0.2, -0.15) is 4.20 Å². The van der Waals surface area contributed by atoms with Crippen LogP contribution in [0.25, 0.3) is 0 Å². The molecule has 0 heterocycles. The van der Waals surface area contributed by atoms with Crippen molar-refractivity contribution in [2.24, 2.45) is 4.74 Å². The van der Waals surface area contributed by atoms with Crippen LogP contribution in [0.15, 0.2) is 35.1 Å². The summed E-state index contributed by atoms with van der Waals surface area (Å²) in [7, 11) is 3.79. The monoisotopic (exact) mass is 229 g/mol. The van der Waals surface area contributed by atoms with Crippen molar-refractivity contribution in [3.8, 4) is 0 Å². The molecule has 0 bridgehead atoms. The Labute approximate surface area is 90.8 Å². The predicted octanol–water partition coefficient (Wildman–Crippen LogP) is 3.36. The molecule has 0 spiro atoms. The second kappa shape index (κ2) is 4.88. The molecule has 5 heteroatoms. The Hall–Kier alpha value is -0.700. The zero-order valence-electron chi connectivity index (χ0n) is 9.55. The molecule has 1 aromatic rings. The number of nitrogens with zero attached hydrogens (tertiary/aromatic N) is 3. The van der Waals surface area contributed by atoms with Crippen molar-refractivity contribution in [1.29, 1.82) is 0 Å². The van der Waals surface area contributed by atoms with Crippen LogP contribution in [0.1, 0.15) is 0 Å². The lowest BCUT2D eigenvalue weighted by molar-refractivity contribution is 0.503. The number of halogens is 1. The summed E-state index contributed by atoms with van der Waals surface area (Å²) >= 11 is 0. The van der Waals surface area contributed by atoms with Gasteiger partial charge in [-0.3, -0.25) is 0 Å². The highest BCUT2D eigenvalue weighted by atomic mass is 31.2. The highest BCUT2D eigenvalue weighted by molar-refractivity contribution is 7.56. The number of rotatable bonds is 3. The molecule has 0 unspecified atom stereocenters.